The summed E-state index contributed by atoms with van der Waals surface area (Å²) >= 11 is 0. The smallest absolute Gasteiger partial charge is 0.166 e. The molecule has 0 spiro atoms. The average molecular weight is 204 g/mol. The Balaban J connectivity index is 2.58. The Morgan fingerprint density at radius 1 is 1.40 bits per heavy atom. The van der Waals surface area contributed by atoms with E-state index in [1.165, 1.54) is 0 Å². The van der Waals surface area contributed by atoms with Gasteiger partial charge in [-0.25, -0.2) is 0 Å². The maximum Gasteiger partial charge on any atom is 0.166 e. The summed E-state index contributed by atoms with van der Waals surface area (Å²) in [5.41, 5.74) is 4.30. The van der Waals surface area contributed by atoms with Gasteiger partial charge < -0.3 is 0 Å². The van der Waals surface area contributed by atoms with Crippen LogP contribution in [0.15, 0.2) is 35.4 Å². The first kappa shape index (κ1) is 11.4. The van der Waals surface area contributed by atoms with Crippen molar-refractivity contribution in [2.75, 3.05) is 5.43 Å². The van der Waals surface area contributed by atoms with Crippen LogP contribution in [0.4, 0.5) is 5.69 Å². The van der Waals surface area contributed by atoms with E-state index in [0.717, 1.165) is 12.0 Å². The molecule has 0 saturated carbocycles. The van der Waals surface area contributed by atoms with E-state index in [2.05, 4.69) is 24.4 Å². The van der Waals surface area contributed by atoms with Crippen LogP contribution in [0, 0.1) is 5.92 Å². The highest BCUT2D eigenvalue weighted by Gasteiger charge is 2.01. The highest BCUT2D eigenvalue weighted by molar-refractivity contribution is 6.28. The summed E-state index contributed by atoms with van der Waals surface area (Å²) in [5, 5.41) is 4.05. The van der Waals surface area contributed by atoms with Gasteiger partial charge in [-0.15, -0.1) is 0 Å². The van der Waals surface area contributed by atoms with E-state index >= 15 is 0 Å². The van der Waals surface area contributed by atoms with E-state index < -0.39 is 0 Å². The van der Waals surface area contributed by atoms with Crippen molar-refractivity contribution in [3.05, 3.63) is 30.3 Å². The zero-order valence-corrected chi connectivity index (χ0v) is 9.10. The Morgan fingerprint density at radius 3 is 2.60 bits per heavy atom. The summed E-state index contributed by atoms with van der Waals surface area (Å²) in [7, 11) is 0. The van der Waals surface area contributed by atoms with Crippen molar-refractivity contribution in [3.8, 4) is 0 Å². The van der Waals surface area contributed by atoms with Crippen molar-refractivity contribution in [2.24, 2.45) is 11.0 Å². The number of rotatable bonds is 5. The lowest BCUT2D eigenvalue weighted by molar-refractivity contribution is -0.102. The van der Waals surface area contributed by atoms with Crippen LogP contribution >= 0.6 is 0 Å². The highest BCUT2D eigenvalue weighted by atomic mass is 16.1. The number of carbonyl (C=O) groups excluding carboxylic acids is 1. The van der Waals surface area contributed by atoms with Crippen molar-refractivity contribution in [3.63, 3.8) is 0 Å². The van der Waals surface area contributed by atoms with Gasteiger partial charge in [-0.2, -0.15) is 5.10 Å². The second-order valence-electron chi connectivity index (χ2n) is 3.80. The summed E-state index contributed by atoms with van der Waals surface area (Å²) < 4.78 is 0. The lowest BCUT2D eigenvalue weighted by Crippen LogP contribution is -2.07. The SMILES string of the molecule is CC(C)CC(C=O)=NNc1ccccc1. The molecule has 0 heterocycles. The molecule has 3 heteroatoms. The van der Waals surface area contributed by atoms with Gasteiger partial charge in [0.1, 0.15) is 5.71 Å². The molecule has 0 unspecified atom stereocenters. The minimum atomic E-state index is 0.437. The van der Waals surface area contributed by atoms with Crippen LogP contribution in [0.5, 0.6) is 0 Å². The number of carbonyl (C=O) groups is 1. The van der Waals surface area contributed by atoms with Gasteiger partial charge in [0.05, 0.1) is 5.69 Å². The Labute approximate surface area is 90.2 Å². The minimum Gasteiger partial charge on any atom is -0.296 e. The van der Waals surface area contributed by atoms with Gasteiger partial charge in [-0.1, -0.05) is 32.0 Å². The third-order valence-corrected chi connectivity index (χ3v) is 1.86. The molecule has 0 aliphatic carbocycles. The van der Waals surface area contributed by atoms with Crippen molar-refractivity contribution >= 4 is 17.7 Å². The number of anilines is 1. The second kappa shape index (κ2) is 5.96. The molecule has 0 amide bonds. The Hall–Kier alpha value is -1.64. The summed E-state index contributed by atoms with van der Waals surface area (Å²) in [6, 6.07) is 9.58. The molecule has 80 valence electrons. The topological polar surface area (TPSA) is 41.5 Å². The Kier molecular flexibility index (Phi) is 4.54. The van der Waals surface area contributed by atoms with Gasteiger partial charge >= 0.3 is 0 Å². The monoisotopic (exact) mass is 204 g/mol. The number of nitrogens with zero attached hydrogens (tertiary/aromatic N) is 1. The molecule has 0 radical (unpaired) electrons. The summed E-state index contributed by atoms with van der Waals surface area (Å²) in [4.78, 5) is 10.7. The minimum absolute atomic E-state index is 0.437. The van der Waals surface area contributed by atoms with Gasteiger partial charge in [-0.05, 0) is 24.5 Å². The first-order valence-corrected chi connectivity index (χ1v) is 5.05. The fourth-order valence-electron chi connectivity index (χ4n) is 1.19. The molecule has 1 N–H and O–H groups in total. The second-order valence-corrected chi connectivity index (χ2v) is 3.80. The fourth-order valence-corrected chi connectivity index (χ4v) is 1.19. The summed E-state index contributed by atoms with van der Waals surface area (Å²) in [5.74, 6) is 0.437. The predicted octanol–water partition coefficient (Wildman–Crippen LogP) is 2.70. The molecule has 0 saturated heterocycles. The van der Waals surface area contributed by atoms with E-state index in [1.807, 2.05) is 30.3 Å². The summed E-state index contributed by atoms with van der Waals surface area (Å²) in [6.07, 6.45) is 1.50. The van der Waals surface area contributed by atoms with E-state index in [4.69, 9.17) is 0 Å². The summed E-state index contributed by atoms with van der Waals surface area (Å²) in [6.45, 7) is 4.11. The molecule has 3 nitrogen and oxygen atoms in total. The number of hydrogen-bond donors (Lipinski definition) is 1. The van der Waals surface area contributed by atoms with Gasteiger partial charge in [-0.3, -0.25) is 10.2 Å². The lowest BCUT2D eigenvalue weighted by Gasteiger charge is -2.04. The van der Waals surface area contributed by atoms with Crippen LogP contribution in [0.25, 0.3) is 0 Å². The molecular formula is C12H16N2O. The molecule has 0 aromatic heterocycles. The van der Waals surface area contributed by atoms with Crippen LogP contribution in [0.1, 0.15) is 20.3 Å². The van der Waals surface area contributed by atoms with Crippen LogP contribution < -0.4 is 5.43 Å². The Bertz CT molecular complexity index is 331. The van der Waals surface area contributed by atoms with Gasteiger partial charge in [0.15, 0.2) is 6.29 Å². The largest absolute Gasteiger partial charge is 0.296 e. The number of hydrogen-bond acceptors (Lipinski definition) is 3. The highest BCUT2D eigenvalue weighted by Crippen LogP contribution is 2.06. The maximum absolute atomic E-state index is 10.7. The molecule has 15 heavy (non-hydrogen) atoms. The van der Waals surface area contributed by atoms with Crippen molar-refractivity contribution in [1.82, 2.24) is 0 Å². The molecular weight excluding hydrogens is 188 g/mol. The third-order valence-electron chi connectivity index (χ3n) is 1.86. The molecule has 0 fully saturated rings. The third kappa shape index (κ3) is 4.40. The molecule has 0 bridgehead atoms. The van der Waals surface area contributed by atoms with Crippen LogP contribution in [0.3, 0.4) is 0 Å². The van der Waals surface area contributed by atoms with Crippen LogP contribution in [-0.4, -0.2) is 12.0 Å². The first-order chi connectivity index (χ1) is 7.22. The fraction of sp³-hybridized carbons (Fsp3) is 0.333. The Morgan fingerprint density at radius 2 is 2.07 bits per heavy atom. The first-order valence-electron chi connectivity index (χ1n) is 5.05. The van der Waals surface area contributed by atoms with Crippen LogP contribution in [-0.2, 0) is 4.79 Å². The zero-order valence-electron chi connectivity index (χ0n) is 9.10. The number of aldehydes is 1. The van der Waals surface area contributed by atoms with Gasteiger partial charge in [0.2, 0.25) is 0 Å². The van der Waals surface area contributed by atoms with Gasteiger partial charge in [0.25, 0.3) is 0 Å². The van der Waals surface area contributed by atoms with Crippen molar-refractivity contribution < 1.29 is 4.79 Å². The molecule has 1 rings (SSSR count). The predicted molar refractivity (Wildman–Crippen MR) is 63.0 cm³/mol. The normalized spacial score (nSPS) is 11.5. The number of benzene rings is 1. The molecule has 0 atom stereocenters. The number of para-hydroxylation sites is 1. The van der Waals surface area contributed by atoms with E-state index in [1.54, 1.807) is 0 Å². The maximum atomic E-state index is 10.7. The number of hydrazone groups is 1. The molecule has 1 aromatic rings. The average Bonchev–Trinajstić information content (AvgIpc) is 2.25. The molecule has 1 aromatic carbocycles. The van der Waals surface area contributed by atoms with Crippen molar-refractivity contribution in [1.29, 1.82) is 0 Å². The van der Waals surface area contributed by atoms with E-state index in [0.29, 0.717) is 18.1 Å². The molecule has 0 aliphatic heterocycles. The van der Waals surface area contributed by atoms with Crippen molar-refractivity contribution in [2.45, 2.75) is 20.3 Å². The standard InChI is InChI=1S/C12H16N2O/c1-10(2)8-12(9-15)14-13-11-6-4-3-5-7-11/h3-7,9-10,13H,8H2,1-2H3. The van der Waals surface area contributed by atoms with Gasteiger partial charge in [0, 0.05) is 0 Å². The van der Waals surface area contributed by atoms with E-state index in [9.17, 15) is 4.79 Å². The molecule has 0 aliphatic rings. The van der Waals surface area contributed by atoms with E-state index in [-0.39, 0.29) is 0 Å². The van der Waals surface area contributed by atoms with Crippen LogP contribution in [0.2, 0.25) is 0 Å². The lowest BCUT2D eigenvalue weighted by atomic mass is 10.1. The number of nitrogens with one attached hydrogen (secondary N) is 1. The zero-order chi connectivity index (χ0) is 11.1. The quantitative estimate of drug-likeness (QED) is 0.455.